The molecule has 0 aliphatic carbocycles. The molecule has 1 fully saturated rings. The van der Waals surface area contributed by atoms with Crippen LogP contribution in [0.3, 0.4) is 0 Å². The maximum Gasteiger partial charge on any atom is 0.274 e. The Bertz CT molecular complexity index is 713. The van der Waals surface area contributed by atoms with Gasteiger partial charge in [-0.3, -0.25) is 9.89 Å². The highest BCUT2D eigenvalue weighted by Crippen LogP contribution is 2.23. The van der Waals surface area contributed by atoms with E-state index in [1.54, 1.807) is 7.11 Å². The van der Waals surface area contributed by atoms with E-state index in [9.17, 15) is 4.79 Å². The smallest absolute Gasteiger partial charge is 0.274 e. The van der Waals surface area contributed by atoms with Crippen LogP contribution in [0.4, 0.5) is 0 Å². The lowest BCUT2D eigenvalue weighted by Crippen LogP contribution is -2.39. The molecule has 0 radical (unpaired) electrons. The fraction of sp³-hybridized carbons (Fsp3) is 0.611. The van der Waals surface area contributed by atoms with Gasteiger partial charge in [-0.25, -0.2) is 4.98 Å². The topological polar surface area (TPSA) is 76.0 Å². The number of aryl methyl sites for hydroxylation is 2. The predicted molar refractivity (Wildman–Crippen MR) is 94.5 cm³/mol. The molecular formula is C18H27N5O2. The number of methoxy groups -OCH3 is 1. The average molecular weight is 345 g/mol. The first-order chi connectivity index (χ1) is 12.1. The minimum atomic E-state index is 0.0280. The molecule has 0 aromatic carbocycles. The van der Waals surface area contributed by atoms with Gasteiger partial charge in [-0.1, -0.05) is 0 Å². The van der Waals surface area contributed by atoms with Gasteiger partial charge in [0.2, 0.25) is 0 Å². The number of hydrogen-bond acceptors (Lipinski definition) is 4. The number of nitrogens with one attached hydrogen (secondary N) is 1. The maximum atomic E-state index is 12.5. The van der Waals surface area contributed by atoms with Gasteiger partial charge in [0.15, 0.2) is 0 Å². The van der Waals surface area contributed by atoms with Gasteiger partial charge in [0, 0.05) is 50.7 Å². The molecular weight excluding hydrogens is 318 g/mol. The van der Waals surface area contributed by atoms with E-state index in [0.717, 1.165) is 50.4 Å². The molecule has 7 heteroatoms. The number of H-pyrrole nitrogens is 1. The summed E-state index contributed by atoms with van der Waals surface area (Å²) in [7, 11) is 1.72. The van der Waals surface area contributed by atoms with Crippen LogP contribution in [0.15, 0.2) is 12.3 Å². The Balaban J connectivity index is 1.55. The first-order valence-corrected chi connectivity index (χ1v) is 8.89. The summed E-state index contributed by atoms with van der Waals surface area (Å²) < 4.78 is 7.44. The number of amides is 1. The lowest BCUT2D eigenvalue weighted by Gasteiger charge is -2.31. The molecule has 0 spiro atoms. The summed E-state index contributed by atoms with van der Waals surface area (Å²) in [5, 5.41) is 6.92. The summed E-state index contributed by atoms with van der Waals surface area (Å²) in [6.45, 7) is 7.09. The summed E-state index contributed by atoms with van der Waals surface area (Å²) >= 11 is 0. The third-order valence-electron chi connectivity index (χ3n) is 4.95. The molecule has 1 aliphatic rings. The molecule has 136 valence electrons. The van der Waals surface area contributed by atoms with Crippen LogP contribution in [-0.2, 0) is 17.7 Å². The second-order valence-electron chi connectivity index (χ2n) is 6.84. The number of carbonyl (C=O) groups is 1. The number of carbonyl (C=O) groups excluding carboxylic acids is 1. The van der Waals surface area contributed by atoms with Crippen LogP contribution in [0.2, 0.25) is 0 Å². The highest BCUT2D eigenvalue weighted by atomic mass is 16.5. The lowest BCUT2D eigenvalue weighted by molar-refractivity contribution is 0.0683. The van der Waals surface area contributed by atoms with Gasteiger partial charge >= 0.3 is 0 Å². The van der Waals surface area contributed by atoms with Crippen LogP contribution in [0.25, 0.3) is 0 Å². The molecule has 3 heterocycles. The highest BCUT2D eigenvalue weighted by molar-refractivity contribution is 5.92. The number of nitrogens with zero attached hydrogens (tertiary/aromatic N) is 4. The number of aromatic amines is 1. The van der Waals surface area contributed by atoms with Crippen molar-refractivity contribution < 1.29 is 9.53 Å². The normalized spacial score (nSPS) is 15.7. The predicted octanol–water partition coefficient (Wildman–Crippen LogP) is 1.96. The van der Waals surface area contributed by atoms with Crippen molar-refractivity contribution in [3.63, 3.8) is 0 Å². The molecule has 1 aliphatic heterocycles. The summed E-state index contributed by atoms with van der Waals surface area (Å²) in [6, 6.07) is 1.81. The quantitative estimate of drug-likeness (QED) is 0.868. The number of aromatic nitrogens is 4. The van der Waals surface area contributed by atoms with E-state index in [2.05, 4.69) is 26.7 Å². The molecule has 0 saturated carbocycles. The minimum absolute atomic E-state index is 0.0280. The molecule has 0 atom stereocenters. The van der Waals surface area contributed by atoms with Gasteiger partial charge in [-0.15, -0.1) is 0 Å². The van der Waals surface area contributed by atoms with Crippen LogP contribution in [0, 0.1) is 19.8 Å². The fourth-order valence-corrected chi connectivity index (χ4v) is 3.45. The van der Waals surface area contributed by atoms with Crippen molar-refractivity contribution in [2.24, 2.45) is 5.92 Å². The van der Waals surface area contributed by atoms with Gasteiger partial charge < -0.3 is 14.2 Å². The SMILES string of the molecule is COCCn1c(C)cnc1CC1CCN(C(=O)c2cc(C)[nH]n2)CC1. The molecule has 2 aromatic heterocycles. The number of hydrogen-bond donors (Lipinski definition) is 1. The molecule has 7 nitrogen and oxygen atoms in total. The number of rotatable bonds is 6. The van der Waals surface area contributed by atoms with E-state index in [1.807, 2.05) is 24.1 Å². The van der Waals surface area contributed by atoms with Crippen LogP contribution in [-0.4, -0.2) is 57.4 Å². The summed E-state index contributed by atoms with van der Waals surface area (Å²) in [5.41, 5.74) is 2.60. The standard InChI is InChI=1S/C18H27N5O2/c1-13-10-16(21-20-13)18(24)22-6-4-15(5-7-22)11-17-19-12-14(2)23(17)8-9-25-3/h10,12,15H,4-9,11H2,1-3H3,(H,20,21). The van der Waals surface area contributed by atoms with Crippen molar-refractivity contribution in [1.82, 2.24) is 24.6 Å². The van der Waals surface area contributed by atoms with E-state index in [-0.39, 0.29) is 5.91 Å². The first-order valence-electron chi connectivity index (χ1n) is 8.89. The van der Waals surface area contributed by atoms with Crippen molar-refractivity contribution in [1.29, 1.82) is 0 Å². The van der Waals surface area contributed by atoms with Crippen LogP contribution < -0.4 is 0 Å². The van der Waals surface area contributed by atoms with E-state index in [1.165, 1.54) is 5.69 Å². The zero-order chi connectivity index (χ0) is 17.8. The maximum absolute atomic E-state index is 12.5. The van der Waals surface area contributed by atoms with Crippen LogP contribution in [0.5, 0.6) is 0 Å². The summed E-state index contributed by atoms with van der Waals surface area (Å²) in [6.07, 6.45) is 4.90. The van der Waals surface area contributed by atoms with E-state index >= 15 is 0 Å². The Morgan fingerprint density at radius 1 is 1.36 bits per heavy atom. The molecule has 3 rings (SSSR count). The third kappa shape index (κ3) is 4.10. The monoisotopic (exact) mass is 345 g/mol. The molecule has 2 aromatic rings. The van der Waals surface area contributed by atoms with E-state index in [4.69, 9.17) is 4.74 Å². The molecule has 25 heavy (non-hydrogen) atoms. The van der Waals surface area contributed by atoms with Gasteiger partial charge in [-0.05, 0) is 38.7 Å². The highest BCUT2D eigenvalue weighted by Gasteiger charge is 2.26. The van der Waals surface area contributed by atoms with Crippen molar-refractivity contribution in [3.05, 3.63) is 35.2 Å². The molecule has 1 amide bonds. The molecule has 0 bridgehead atoms. The van der Waals surface area contributed by atoms with Crippen LogP contribution in [0.1, 0.15) is 40.5 Å². The zero-order valence-electron chi connectivity index (χ0n) is 15.3. The van der Waals surface area contributed by atoms with Crippen molar-refractivity contribution >= 4 is 5.91 Å². The fourth-order valence-electron chi connectivity index (χ4n) is 3.45. The Morgan fingerprint density at radius 2 is 2.12 bits per heavy atom. The molecule has 1 N–H and O–H groups in total. The van der Waals surface area contributed by atoms with Crippen LogP contribution >= 0.6 is 0 Å². The van der Waals surface area contributed by atoms with Gasteiger partial charge in [0.25, 0.3) is 5.91 Å². The summed E-state index contributed by atoms with van der Waals surface area (Å²) in [4.78, 5) is 19.0. The van der Waals surface area contributed by atoms with Gasteiger partial charge in [-0.2, -0.15) is 5.10 Å². The Kier molecular flexibility index (Phi) is 5.53. The number of piperidine rings is 1. The third-order valence-corrected chi connectivity index (χ3v) is 4.95. The summed E-state index contributed by atoms with van der Waals surface area (Å²) in [5.74, 6) is 1.72. The Morgan fingerprint density at radius 3 is 2.76 bits per heavy atom. The van der Waals surface area contributed by atoms with Crippen molar-refractivity contribution in [2.45, 2.75) is 39.7 Å². The van der Waals surface area contributed by atoms with Crippen molar-refractivity contribution in [3.8, 4) is 0 Å². The Hall–Kier alpha value is -2.15. The largest absolute Gasteiger partial charge is 0.383 e. The molecule has 1 saturated heterocycles. The second kappa shape index (κ2) is 7.82. The van der Waals surface area contributed by atoms with Crippen molar-refractivity contribution in [2.75, 3.05) is 26.8 Å². The number of ether oxygens (including phenoxy) is 1. The molecule has 0 unspecified atom stereocenters. The van der Waals surface area contributed by atoms with Gasteiger partial charge in [0.1, 0.15) is 11.5 Å². The second-order valence-corrected chi connectivity index (χ2v) is 6.84. The Labute approximate surface area is 148 Å². The minimum Gasteiger partial charge on any atom is -0.383 e. The van der Waals surface area contributed by atoms with Gasteiger partial charge in [0.05, 0.1) is 6.61 Å². The average Bonchev–Trinajstić information content (AvgIpc) is 3.19. The first kappa shape index (κ1) is 17.7. The lowest BCUT2D eigenvalue weighted by atomic mass is 9.93. The number of likely N-dealkylation sites (tertiary alicyclic amines) is 1. The van der Waals surface area contributed by atoms with E-state index < -0.39 is 0 Å². The van der Waals surface area contributed by atoms with E-state index in [0.29, 0.717) is 18.2 Å². The number of imidazole rings is 1. The zero-order valence-corrected chi connectivity index (χ0v) is 15.3.